The molecular weight excluding hydrogens is 522 g/mol. The quantitative estimate of drug-likeness (QED) is 0.310. The van der Waals surface area contributed by atoms with Gasteiger partial charge in [0.15, 0.2) is 5.96 Å². The minimum absolute atomic E-state index is 0. The van der Waals surface area contributed by atoms with E-state index in [0.29, 0.717) is 13.1 Å². The second kappa shape index (κ2) is 12.2. The molecule has 7 nitrogen and oxygen atoms in total. The molecule has 176 valence electrons. The Morgan fingerprint density at radius 3 is 2.38 bits per heavy atom. The maximum absolute atomic E-state index is 13.2. The Kier molecular flexibility index (Phi) is 9.95. The van der Waals surface area contributed by atoms with Gasteiger partial charge in [-0.25, -0.2) is 9.37 Å². The van der Waals surface area contributed by atoms with Crippen LogP contribution in [0.3, 0.4) is 0 Å². The maximum atomic E-state index is 13.2. The number of anilines is 2. The van der Waals surface area contributed by atoms with Crippen LogP contribution in [0.1, 0.15) is 19.4 Å². The standard InChI is InChI=1S/C23H33FN6O.HI/c1-23(2,31-4)17-28-22(25-3)27-16-18-9-10-26-21(15-18)30-13-11-29(12-14-30)20-7-5-19(24)6-8-20;/h5-10,15H,11-14,16-17H2,1-4H3,(H2,25,27,28);1H. The summed E-state index contributed by atoms with van der Waals surface area (Å²) in [6.07, 6.45) is 1.85. The van der Waals surface area contributed by atoms with Crippen molar-refractivity contribution < 1.29 is 9.13 Å². The molecule has 3 rings (SSSR count). The maximum Gasteiger partial charge on any atom is 0.191 e. The molecule has 9 heteroatoms. The Labute approximate surface area is 207 Å². The van der Waals surface area contributed by atoms with Gasteiger partial charge in [0.2, 0.25) is 0 Å². The van der Waals surface area contributed by atoms with E-state index in [1.807, 2.05) is 38.2 Å². The van der Waals surface area contributed by atoms with Gasteiger partial charge >= 0.3 is 0 Å². The van der Waals surface area contributed by atoms with E-state index in [4.69, 9.17) is 4.74 Å². The number of aliphatic imine (C=N–C) groups is 1. The molecule has 1 aliphatic heterocycles. The number of nitrogens with one attached hydrogen (secondary N) is 2. The SMILES string of the molecule is CN=C(NCc1ccnc(N2CCN(c3ccc(F)cc3)CC2)c1)NCC(C)(C)OC.I. The number of aromatic nitrogens is 1. The summed E-state index contributed by atoms with van der Waals surface area (Å²) in [6.45, 7) is 8.86. The number of hydrogen-bond acceptors (Lipinski definition) is 5. The molecule has 1 saturated heterocycles. The number of ether oxygens (including phenoxy) is 1. The second-order valence-electron chi connectivity index (χ2n) is 8.22. The molecule has 0 spiro atoms. The Morgan fingerprint density at radius 2 is 1.75 bits per heavy atom. The first kappa shape index (κ1) is 26.1. The van der Waals surface area contributed by atoms with Crippen molar-refractivity contribution in [2.24, 2.45) is 4.99 Å². The molecule has 0 bridgehead atoms. The number of guanidine groups is 1. The number of hydrogen-bond donors (Lipinski definition) is 2. The lowest BCUT2D eigenvalue weighted by Gasteiger charge is -2.36. The number of piperazine rings is 1. The molecule has 2 N–H and O–H groups in total. The molecule has 1 aromatic heterocycles. The number of nitrogens with zero attached hydrogens (tertiary/aromatic N) is 4. The smallest absolute Gasteiger partial charge is 0.191 e. The lowest BCUT2D eigenvalue weighted by molar-refractivity contribution is 0.0268. The summed E-state index contributed by atoms with van der Waals surface area (Å²) in [5, 5.41) is 6.64. The van der Waals surface area contributed by atoms with Crippen molar-refractivity contribution in [3.63, 3.8) is 0 Å². The molecule has 1 aliphatic rings. The van der Waals surface area contributed by atoms with Crippen LogP contribution in [-0.2, 0) is 11.3 Å². The largest absolute Gasteiger partial charge is 0.377 e. The number of rotatable bonds is 7. The fourth-order valence-corrected chi connectivity index (χ4v) is 3.36. The van der Waals surface area contributed by atoms with Gasteiger partial charge < -0.3 is 25.2 Å². The van der Waals surface area contributed by atoms with E-state index in [9.17, 15) is 4.39 Å². The molecule has 1 aromatic carbocycles. The highest BCUT2D eigenvalue weighted by Crippen LogP contribution is 2.20. The zero-order valence-corrected chi connectivity index (χ0v) is 21.6. The first-order chi connectivity index (χ1) is 14.9. The van der Waals surface area contributed by atoms with Gasteiger partial charge in [-0.05, 0) is 55.8 Å². The van der Waals surface area contributed by atoms with E-state index in [1.165, 1.54) is 12.1 Å². The van der Waals surface area contributed by atoms with Gasteiger partial charge in [-0.15, -0.1) is 24.0 Å². The first-order valence-electron chi connectivity index (χ1n) is 10.6. The fraction of sp³-hybridized carbons (Fsp3) is 0.478. The summed E-state index contributed by atoms with van der Waals surface area (Å²) < 4.78 is 18.6. The summed E-state index contributed by atoms with van der Waals surface area (Å²) in [5.41, 5.74) is 1.93. The first-order valence-corrected chi connectivity index (χ1v) is 10.6. The van der Waals surface area contributed by atoms with Crippen molar-refractivity contribution in [3.05, 3.63) is 54.0 Å². The monoisotopic (exact) mass is 556 g/mol. The minimum atomic E-state index is -0.266. The highest BCUT2D eigenvalue weighted by molar-refractivity contribution is 14.0. The Balaban J connectivity index is 0.00000363. The van der Waals surface area contributed by atoms with Crippen LogP contribution in [0.5, 0.6) is 0 Å². The fourth-order valence-electron chi connectivity index (χ4n) is 3.36. The molecular formula is C23H34FIN6O. The van der Waals surface area contributed by atoms with Gasteiger partial charge in [-0.3, -0.25) is 4.99 Å². The average molecular weight is 556 g/mol. The summed E-state index contributed by atoms with van der Waals surface area (Å²) in [7, 11) is 3.46. The Hall–Kier alpha value is -2.14. The van der Waals surface area contributed by atoms with Crippen LogP contribution < -0.4 is 20.4 Å². The summed E-state index contributed by atoms with van der Waals surface area (Å²) in [6, 6.07) is 10.8. The average Bonchev–Trinajstić information content (AvgIpc) is 2.80. The lowest BCUT2D eigenvalue weighted by atomic mass is 10.1. The van der Waals surface area contributed by atoms with Crippen LogP contribution in [0, 0.1) is 5.82 Å². The van der Waals surface area contributed by atoms with Crippen molar-refractivity contribution in [1.82, 2.24) is 15.6 Å². The molecule has 2 heterocycles. The molecule has 0 unspecified atom stereocenters. The molecule has 32 heavy (non-hydrogen) atoms. The normalized spacial score (nSPS) is 14.7. The molecule has 0 radical (unpaired) electrons. The van der Waals surface area contributed by atoms with Crippen LogP contribution in [0.15, 0.2) is 47.6 Å². The zero-order valence-electron chi connectivity index (χ0n) is 19.3. The highest BCUT2D eigenvalue weighted by Gasteiger charge is 2.19. The van der Waals surface area contributed by atoms with E-state index in [1.54, 1.807) is 14.2 Å². The van der Waals surface area contributed by atoms with Gasteiger partial charge in [0.1, 0.15) is 11.6 Å². The lowest BCUT2D eigenvalue weighted by Crippen LogP contribution is -2.47. The molecule has 2 aromatic rings. The van der Waals surface area contributed by atoms with Crippen LogP contribution >= 0.6 is 24.0 Å². The van der Waals surface area contributed by atoms with E-state index in [-0.39, 0.29) is 35.4 Å². The van der Waals surface area contributed by atoms with Gasteiger partial charge in [-0.2, -0.15) is 0 Å². The summed E-state index contributed by atoms with van der Waals surface area (Å²) in [5.74, 6) is 1.50. The molecule has 0 atom stereocenters. The number of benzene rings is 1. The minimum Gasteiger partial charge on any atom is -0.377 e. The van der Waals surface area contributed by atoms with Crippen LogP contribution in [0.25, 0.3) is 0 Å². The molecule has 1 fully saturated rings. The third-order valence-corrected chi connectivity index (χ3v) is 5.52. The van der Waals surface area contributed by atoms with Crippen molar-refractivity contribution in [2.45, 2.75) is 26.0 Å². The van der Waals surface area contributed by atoms with Crippen molar-refractivity contribution in [2.75, 3.05) is 56.7 Å². The van der Waals surface area contributed by atoms with Crippen molar-refractivity contribution >= 4 is 41.4 Å². The highest BCUT2D eigenvalue weighted by atomic mass is 127. The van der Waals surface area contributed by atoms with E-state index < -0.39 is 0 Å². The van der Waals surface area contributed by atoms with Crippen molar-refractivity contribution in [1.29, 1.82) is 0 Å². The topological polar surface area (TPSA) is 65.0 Å². The van der Waals surface area contributed by atoms with Gasteiger partial charge in [-0.1, -0.05) is 0 Å². The summed E-state index contributed by atoms with van der Waals surface area (Å²) >= 11 is 0. The van der Waals surface area contributed by atoms with E-state index >= 15 is 0 Å². The van der Waals surface area contributed by atoms with E-state index in [2.05, 4.69) is 36.5 Å². The molecule has 0 amide bonds. The zero-order chi connectivity index (χ0) is 22.3. The van der Waals surface area contributed by atoms with Crippen LogP contribution in [-0.4, -0.2) is 63.4 Å². The van der Waals surface area contributed by atoms with E-state index in [0.717, 1.165) is 49.2 Å². The third-order valence-electron chi connectivity index (χ3n) is 5.52. The predicted octanol–water partition coefficient (Wildman–Crippen LogP) is 3.26. The van der Waals surface area contributed by atoms with Crippen molar-refractivity contribution in [3.8, 4) is 0 Å². The van der Waals surface area contributed by atoms with Gasteiger partial charge in [0.05, 0.1) is 5.60 Å². The predicted molar refractivity (Wildman–Crippen MR) is 140 cm³/mol. The second-order valence-corrected chi connectivity index (χ2v) is 8.22. The summed E-state index contributed by atoms with van der Waals surface area (Å²) in [4.78, 5) is 13.4. The number of pyridine rings is 1. The molecule has 0 aliphatic carbocycles. The number of methoxy groups -OCH3 is 1. The van der Waals surface area contributed by atoms with Gasteiger partial charge in [0.25, 0.3) is 0 Å². The Morgan fingerprint density at radius 1 is 1.09 bits per heavy atom. The third kappa shape index (κ3) is 7.47. The van der Waals surface area contributed by atoms with Crippen LogP contribution in [0.4, 0.5) is 15.9 Å². The molecule has 0 saturated carbocycles. The van der Waals surface area contributed by atoms with Crippen LogP contribution in [0.2, 0.25) is 0 Å². The van der Waals surface area contributed by atoms with Gasteiger partial charge in [0, 0.05) is 65.3 Å². The number of halogens is 2. The Bertz CT molecular complexity index is 869.